The minimum absolute atomic E-state index is 0. The third kappa shape index (κ3) is 6.82. The van der Waals surface area contributed by atoms with E-state index < -0.39 is 0 Å². The fourth-order valence-corrected chi connectivity index (χ4v) is 3.62. The normalized spacial score (nSPS) is 18.1. The Balaban J connectivity index is 0.00000264. The second-order valence-electron chi connectivity index (χ2n) is 6.59. The smallest absolute Gasteiger partial charge is 0.0571 e. The number of hydrogen-bond donors (Lipinski definition) is 1. The molecule has 2 atom stereocenters. The van der Waals surface area contributed by atoms with Gasteiger partial charge in [0.2, 0.25) is 0 Å². The van der Waals surface area contributed by atoms with Gasteiger partial charge in [0.05, 0.1) is 6.10 Å². The van der Waals surface area contributed by atoms with E-state index in [0.29, 0.717) is 12.1 Å². The highest BCUT2D eigenvalue weighted by Crippen LogP contribution is 2.29. The summed E-state index contributed by atoms with van der Waals surface area (Å²) in [5.74, 6) is 0. The molecule has 1 aliphatic rings. The van der Waals surface area contributed by atoms with E-state index in [0.717, 1.165) is 6.54 Å². The number of methoxy groups -OCH3 is 1. The Hall–Kier alpha value is -0.570. The zero-order valence-corrected chi connectivity index (χ0v) is 15.7. The summed E-state index contributed by atoms with van der Waals surface area (Å²) in [6.07, 6.45) is 11.9. The van der Waals surface area contributed by atoms with Crippen LogP contribution in [0.15, 0.2) is 24.3 Å². The summed E-state index contributed by atoms with van der Waals surface area (Å²) >= 11 is 0. The first-order valence-corrected chi connectivity index (χ1v) is 9.19. The van der Waals surface area contributed by atoms with Gasteiger partial charge in [-0.25, -0.2) is 0 Å². The quantitative estimate of drug-likeness (QED) is 0.572. The first-order chi connectivity index (χ1) is 10.8. The van der Waals surface area contributed by atoms with Crippen LogP contribution in [0.2, 0.25) is 0 Å². The van der Waals surface area contributed by atoms with Crippen LogP contribution in [0.3, 0.4) is 0 Å². The van der Waals surface area contributed by atoms with E-state index in [2.05, 4.69) is 36.5 Å². The van der Waals surface area contributed by atoms with Gasteiger partial charge in [0.1, 0.15) is 0 Å². The van der Waals surface area contributed by atoms with Gasteiger partial charge in [0.15, 0.2) is 0 Å². The van der Waals surface area contributed by atoms with Crippen LogP contribution in [0.5, 0.6) is 0 Å². The highest BCUT2D eigenvalue weighted by molar-refractivity contribution is 5.85. The predicted molar refractivity (Wildman–Crippen MR) is 102 cm³/mol. The van der Waals surface area contributed by atoms with Crippen molar-refractivity contribution >= 4 is 12.4 Å². The number of nitrogens with one attached hydrogen (secondary N) is 1. The molecule has 0 bridgehead atoms. The van der Waals surface area contributed by atoms with Crippen LogP contribution in [0.25, 0.3) is 0 Å². The van der Waals surface area contributed by atoms with Crippen molar-refractivity contribution in [1.29, 1.82) is 0 Å². The van der Waals surface area contributed by atoms with Gasteiger partial charge in [-0.2, -0.15) is 0 Å². The minimum Gasteiger partial charge on any atom is -0.381 e. The van der Waals surface area contributed by atoms with Crippen LogP contribution in [-0.2, 0) is 11.2 Å². The number of benzene rings is 1. The molecule has 3 heteroatoms. The topological polar surface area (TPSA) is 21.3 Å². The van der Waals surface area contributed by atoms with E-state index in [1.807, 2.05) is 7.11 Å². The number of ether oxygens (including phenoxy) is 1. The largest absolute Gasteiger partial charge is 0.381 e. The molecule has 0 fully saturated rings. The number of fused-ring (bicyclic) bond motifs is 1. The van der Waals surface area contributed by atoms with Crippen molar-refractivity contribution in [1.82, 2.24) is 5.32 Å². The standard InChI is InChI=1S/C20H33NO.ClH/c1-3-10-18(22-2)13-5-4-8-16-21-20-15-9-12-17-11-6-7-14-19(17)20;/h6-7,11,14,18,20-21H,3-5,8-10,12-13,15-16H2,1-2H3;1H. The van der Waals surface area contributed by atoms with E-state index in [4.69, 9.17) is 4.74 Å². The van der Waals surface area contributed by atoms with Crippen LogP contribution in [0.1, 0.15) is 75.5 Å². The fraction of sp³-hybridized carbons (Fsp3) is 0.700. The number of hydrogen-bond acceptors (Lipinski definition) is 2. The molecule has 0 spiro atoms. The molecule has 0 saturated carbocycles. The number of rotatable bonds is 10. The first-order valence-electron chi connectivity index (χ1n) is 9.19. The van der Waals surface area contributed by atoms with Crippen LogP contribution in [0, 0.1) is 0 Å². The van der Waals surface area contributed by atoms with Gasteiger partial charge in [0, 0.05) is 13.2 Å². The molecule has 0 amide bonds. The molecule has 132 valence electrons. The average molecular weight is 340 g/mol. The Labute approximate surface area is 148 Å². The molecular weight excluding hydrogens is 306 g/mol. The van der Waals surface area contributed by atoms with Crippen molar-refractivity contribution in [3.8, 4) is 0 Å². The lowest BCUT2D eigenvalue weighted by Crippen LogP contribution is -2.26. The second kappa shape index (κ2) is 11.9. The lowest BCUT2D eigenvalue weighted by molar-refractivity contribution is 0.0850. The maximum Gasteiger partial charge on any atom is 0.0571 e. The summed E-state index contributed by atoms with van der Waals surface area (Å²) in [4.78, 5) is 0. The Kier molecular flexibility index (Phi) is 10.6. The molecule has 23 heavy (non-hydrogen) atoms. The van der Waals surface area contributed by atoms with E-state index >= 15 is 0 Å². The van der Waals surface area contributed by atoms with Gasteiger partial charge in [-0.15, -0.1) is 12.4 Å². The fourth-order valence-electron chi connectivity index (χ4n) is 3.62. The summed E-state index contributed by atoms with van der Waals surface area (Å²) in [6.45, 7) is 3.38. The molecule has 1 aliphatic carbocycles. The van der Waals surface area contributed by atoms with Crippen LogP contribution >= 0.6 is 12.4 Å². The Morgan fingerprint density at radius 1 is 1.17 bits per heavy atom. The molecule has 1 aromatic carbocycles. The highest BCUT2D eigenvalue weighted by atomic mass is 35.5. The summed E-state index contributed by atoms with van der Waals surface area (Å²) in [6, 6.07) is 9.53. The van der Waals surface area contributed by atoms with Crippen molar-refractivity contribution in [3.63, 3.8) is 0 Å². The van der Waals surface area contributed by atoms with Gasteiger partial charge < -0.3 is 10.1 Å². The summed E-state index contributed by atoms with van der Waals surface area (Å²) < 4.78 is 5.52. The molecule has 0 radical (unpaired) electrons. The number of halogens is 1. The van der Waals surface area contributed by atoms with Crippen LogP contribution in [0.4, 0.5) is 0 Å². The molecule has 0 aliphatic heterocycles. The minimum atomic E-state index is 0. The SMILES string of the molecule is CCCC(CCCCCNC1CCCc2ccccc21)OC.Cl. The van der Waals surface area contributed by atoms with Crippen molar-refractivity contribution in [2.75, 3.05) is 13.7 Å². The predicted octanol–water partition coefficient (Wildman–Crippen LogP) is 5.45. The van der Waals surface area contributed by atoms with Crippen molar-refractivity contribution in [2.24, 2.45) is 0 Å². The molecule has 0 heterocycles. The Morgan fingerprint density at radius 2 is 2.00 bits per heavy atom. The van der Waals surface area contributed by atoms with E-state index in [1.165, 1.54) is 63.4 Å². The lowest BCUT2D eigenvalue weighted by Gasteiger charge is -2.26. The molecule has 0 saturated heterocycles. The molecule has 2 rings (SSSR count). The van der Waals surface area contributed by atoms with Gasteiger partial charge in [-0.05, 0) is 56.2 Å². The summed E-state index contributed by atoms with van der Waals surface area (Å²) in [5, 5.41) is 3.77. The van der Waals surface area contributed by atoms with Gasteiger partial charge in [-0.3, -0.25) is 0 Å². The zero-order valence-electron chi connectivity index (χ0n) is 14.9. The maximum atomic E-state index is 5.52. The molecule has 2 unspecified atom stereocenters. The van der Waals surface area contributed by atoms with Gasteiger partial charge >= 0.3 is 0 Å². The van der Waals surface area contributed by atoms with Crippen LogP contribution in [-0.4, -0.2) is 19.8 Å². The van der Waals surface area contributed by atoms with E-state index in [9.17, 15) is 0 Å². The second-order valence-corrected chi connectivity index (χ2v) is 6.59. The summed E-state index contributed by atoms with van der Waals surface area (Å²) in [5.41, 5.74) is 3.09. The van der Waals surface area contributed by atoms with Gasteiger partial charge in [-0.1, -0.05) is 50.5 Å². The lowest BCUT2D eigenvalue weighted by atomic mass is 9.88. The highest BCUT2D eigenvalue weighted by Gasteiger charge is 2.18. The molecule has 1 N–H and O–H groups in total. The summed E-state index contributed by atoms with van der Waals surface area (Å²) in [7, 11) is 1.85. The Bertz CT molecular complexity index is 424. The van der Waals surface area contributed by atoms with E-state index in [1.54, 1.807) is 5.56 Å². The van der Waals surface area contributed by atoms with Crippen molar-refractivity contribution < 1.29 is 4.74 Å². The third-order valence-electron chi connectivity index (χ3n) is 4.91. The molecular formula is C20H34ClNO. The van der Waals surface area contributed by atoms with Crippen molar-refractivity contribution in [3.05, 3.63) is 35.4 Å². The molecule has 0 aromatic heterocycles. The molecule has 2 nitrogen and oxygen atoms in total. The van der Waals surface area contributed by atoms with E-state index in [-0.39, 0.29) is 12.4 Å². The van der Waals surface area contributed by atoms with Crippen molar-refractivity contribution in [2.45, 2.75) is 76.9 Å². The number of aryl methyl sites for hydroxylation is 1. The van der Waals surface area contributed by atoms with Crippen LogP contribution < -0.4 is 5.32 Å². The Morgan fingerprint density at radius 3 is 2.78 bits per heavy atom. The molecule has 1 aromatic rings. The van der Waals surface area contributed by atoms with Gasteiger partial charge in [0.25, 0.3) is 0 Å². The third-order valence-corrected chi connectivity index (χ3v) is 4.91. The first kappa shape index (κ1) is 20.5. The number of unbranched alkanes of at least 4 members (excludes halogenated alkanes) is 2. The monoisotopic (exact) mass is 339 g/mol. The maximum absolute atomic E-state index is 5.52. The average Bonchev–Trinajstić information content (AvgIpc) is 2.57. The zero-order chi connectivity index (χ0) is 15.6.